The van der Waals surface area contributed by atoms with Gasteiger partial charge in [-0.1, -0.05) is 6.07 Å². The second-order valence-corrected chi connectivity index (χ2v) is 3.10. The Bertz CT molecular complexity index is 286. The van der Waals surface area contributed by atoms with E-state index in [1.807, 2.05) is 6.92 Å². The molecule has 0 radical (unpaired) electrons. The van der Waals surface area contributed by atoms with Crippen LogP contribution in [-0.2, 0) is 6.42 Å². The number of hydrogen-bond acceptors (Lipinski definition) is 2. The Hall–Kier alpha value is -1.09. The van der Waals surface area contributed by atoms with Gasteiger partial charge in [0, 0.05) is 11.6 Å². The summed E-state index contributed by atoms with van der Waals surface area (Å²) in [6, 6.07) is 4.71. The lowest BCUT2D eigenvalue weighted by molar-refractivity contribution is 0.402. The van der Waals surface area contributed by atoms with Crippen molar-refractivity contribution in [3.8, 4) is 5.75 Å². The molecule has 0 heterocycles. The van der Waals surface area contributed by atoms with Gasteiger partial charge in [-0.3, -0.25) is 0 Å². The van der Waals surface area contributed by atoms with Crippen LogP contribution < -0.4 is 10.5 Å². The molecule has 2 nitrogen and oxygen atoms in total. The SMILES string of the molecule is COc1cccc(F)c1CC(C)N. The predicted molar refractivity (Wildman–Crippen MR) is 50.3 cm³/mol. The molecule has 1 atom stereocenters. The van der Waals surface area contributed by atoms with Crippen LogP contribution in [0.1, 0.15) is 12.5 Å². The maximum Gasteiger partial charge on any atom is 0.130 e. The van der Waals surface area contributed by atoms with Gasteiger partial charge in [-0.05, 0) is 25.5 Å². The van der Waals surface area contributed by atoms with Gasteiger partial charge >= 0.3 is 0 Å². The van der Waals surface area contributed by atoms with Crippen LogP contribution in [0.3, 0.4) is 0 Å². The fourth-order valence-corrected chi connectivity index (χ4v) is 1.25. The summed E-state index contributed by atoms with van der Waals surface area (Å²) in [5, 5.41) is 0. The second-order valence-electron chi connectivity index (χ2n) is 3.10. The fourth-order valence-electron chi connectivity index (χ4n) is 1.25. The van der Waals surface area contributed by atoms with E-state index in [1.54, 1.807) is 12.1 Å². The molecule has 1 unspecified atom stereocenters. The van der Waals surface area contributed by atoms with Gasteiger partial charge in [-0.2, -0.15) is 0 Å². The average Bonchev–Trinajstić information content (AvgIpc) is 2.08. The van der Waals surface area contributed by atoms with Crippen molar-refractivity contribution in [1.82, 2.24) is 0 Å². The molecule has 0 aromatic heterocycles. The van der Waals surface area contributed by atoms with E-state index in [-0.39, 0.29) is 11.9 Å². The molecule has 1 rings (SSSR count). The molecule has 0 bridgehead atoms. The highest BCUT2D eigenvalue weighted by Crippen LogP contribution is 2.21. The summed E-state index contributed by atoms with van der Waals surface area (Å²) < 4.78 is 18.3. The number of ether oxygens (including phenoxy) is 1. The van der Waals surface area contributed by atoms with Crippen molar-refractivity contribution in [2.45, 2.75) is 19.4 Å². The van der Waals surface area contributed by atoms with E-state index in [9.17, 15) is 4.39 Å². The molecule has 0 saturated carbocycles. The topological polar surface area (TPSA) is 35.2 Å². The third-order valence-corrected chi connectivity index (χ3v) is 1.82. The molecule has 1 aromatic carbocycles. The van der Waals surface area contributed by atoms with Crippen LogP contribution in [0.15, 0.2) is 18.2 Å². The van der Waals surface area contributed by atoms with Crippen LogP contribution in [0.25, 0.3) is 0 Å². The molecule has 0 fully saturated rings. The minimum atomic E-state index is -0.253. The quantitative estimate of drug-likeness (QED) is 0.774. The van der Waals surface area contributed by atoms with E-state index in [0.717, 1.165) is 0 Å². The highest BCUT2D eigenvalue weighted by Gasteiger charge is 2.10. The van der Waals surface area contributed by atoms with Crippen LogP contribution in [-0.4, -0.2) is 13.2 Å². The second kappa shape index (κ2) is 4.23. The van der Waals surface area contributed by atoms with Crippen molar-refractivity contribution in [1.29, 1.82) is 0 Å². The maximum atomic E-state index is 13.3. The lowest BCUT2D eigenvalue weighted by Gasteiger charge is -2.10. The van der Waals surface area contributed by atoms with Crippen LogP contribution in [0.4, 0.5) is 4.39 Å². The monoisotopic (exact) mass is 183 g/mol. The Labute approximate surface area is 77.5 Å². The number of benzene rings is 1. The standard InChI is InChI=1S/C10H14FNO/c1-7(12)6-8-9(11)4-3-5-10(8)13-2/h3-5,7H,6,12H2,1-2H3. The van der Waals surface area contributed by atoms with Gasteiger partial charge in [-0.15, -0.1) is 0 Å². The Morgan fingerprint density at radius 1 is 1.54 bits per heavy atom. The van der Waals surface area contributed by atoms with E-state index < -0.39 is 0 Å². The first-order chi connectivity index (χ1) is 6.15. The third-order valence-electron chi connectivity index (χ3n) is 1.82. The van der Waals surface area contributed by atoms with Gasteiger partial charge in [0.15, 0.2) is 0 Å². The molecule has 0 aliphatic rings. The lowest BCUT2D eigenvalue weighted by atomic mass is 10.1. The van der Waals surface area contributed by atoms with E-state index in [0.29, 0.717) is 17.7 Å². The lowest BCUT2D eigenvalue weighted by Crippen LogP contribution is -2.19. The molecule has 0 amide bonds. The molecular weight excluding hydrogens is 169 g/mol. The molecule has 0 spiro atoms. The Balaban J connectivity index is 3.00. The zero-order chi connectivity index (χ0) is 9.84. The first-order valence-corrected chi connectivity index (χ1v) is 4.22. The van der Waals surface area contributed by atoms with Gasteiger partial charge in [0.05, 0.1) is 7.11 Å². The first-order valence-electron chi connectivity index (χ1n) is 4.22. The van der Waals surface area contributed by atoms with Crippen LogP contribution in [0.5, 0.6) is 5.75 Å². The summed E-state index contributed by atoms with van der Waals surface area (Å²) in [5.74, 6) is 0.314. The van der Waals surface area contributed by atoms with Crippen molar-refractivity contribution >= 4 is 0 Å². The van der Waals surface area contributed by atoms with Gasteiger partial charge in [0.1, 0.15) is 11.6 Å². The molecule has 0 aliphatic carbocycles. The van der Waals surface area contributed by atoms with E-state index in [1.165, 1.54) is 13.2 Å². The number of rotatable bonds is 3. The van der Waals surface area contributed by atoms with Gasteiger partial charge < -0.3 is 10.5 Å². The minimum Gasteiger partial charge on any atom is -0.496 e. The third kappa shape index (κ3) is 2.42. The summed E-state index contributed by atoms with van der Waals surface area (Å²) in [6.45, 7) is 1.84. The molecular formula is C10H14FNO. The maximum absolute atomic E-state index is 13.3. The molecule has 2 N–H and O–H groups in total. The van der Waals surface area contributed by atoms with Crippen molar-refractivity contribution in [3.63, 3.8) is 0 Å². The minimum absolute atomic E-state index is 0.0641. The molecule has 0 saturated heterocycles. The van der Waals surface area contributed by atoms with Crippen molar-refractivity contribution in [2.75, 3.05) is 7.11 Å². The fraction of sp³-hybridized carbons (Fsp3) is 0.400. The number of halogens is 1. The number of nitrogens with two attached hydrogens (primary N) is 1. The Morgan fingerprint density at radius 3 is 2.77 bits per heavy atom. The normalized spacial score (nSPS) is 12.6. The van der Waals surface area contributed by atoms with E-state index in [2.05, 4.69) is 0 Å². The molecule has 3 heteroatoms. The molecule has 13 heavy (non-hydrogen) atoms. The van der Waals surface area contributed by atoms with E-state index in [4.69, 9.17) is 10.5 Å². The van der Waals surface area contributed by atoms with Crippen LogP contribution >= 0.6 is 0 Å². The summed E-state index contributed by atoms with van der Waals surface area (Å²) in [4.78, 5) is 0. The Kier molecular flexibility index (Phi) is 3.25. The van der Waals surface area contributed by atoms with Crippen LogP contribution in [0.2, 0.25) is 0 Å². The van der Waals surface area contributed by atoms with E-state index >= 15 is 0 Å². The molecule has 0 aliphatic heterocycles. The zero-order valence-corrected chi connectivity index (χ0v) is 7.88. The van der Waals surface area contributed by atoms with Crippen molar-refractivity contribution in [2.24, 2.45) is 5.73 Å². The first kappa shape index (κ1) is 9.99. The summed E-state index contributed by atoms with van der Waals surface area (Å²) in [5.41, 5.74) is 6.15. The number of methoxy groups -OCH3 is 1. The summed E-state index contributed by atoms with van der Waals surface area (Å²) >= 11 is 0. The smallest absolute Gasteiger partial charge is 0.130 e. The molecule has 1 aromatic rings. The highest BCUT2D eigenvalue weighted by atomic mass is 19.1. The Morgan fingerprint density at radius 2 is 2.23 bits per heavy atom. The predicted octanol–water partition coefficient (Wildman–Crippen LogP) is 1.72. The average molecular weight is 183 g/mol. The largest absolute Gasteiger partial charge is 0.496 e. The zero-order valence-electron chi connectivity index (χ0n) is 7.88. The summed E-state index contributed by atoms with van der Waals surface area (Å²) in [6.07, 6.45) is 0.496. The van der Waals surface area contributed by atoms with Crippen molar-refractivity contribution in [3.05, 3.63) is 29.6 Å². The summed E-state index contributed by atoms with van der Waals surface area (Å²) in [7, 11) is 1.53. The highest BCUT2D eigenvalue weighted by molar-refractivity contribution is 5.35. The van der Waals surface area contributed by atoms with Gasteiger partial charge in [0.2, 0.25) is 0 Å². The van der Waals surface area contributed by atoms with Gasteiger partial charge in [0.25, 0.3) is 0 Å². The number of hydrogen-bond donors (Lipinski definition) is 1. The van der Waals surface area contributed by atoms with Crippen molar-refractivity contribution < 1.29 is 9.13 Å². The molecule has 72 valence electrons. The van der Waals surface area contributed by atoms with Crippen LogP contribution in [0, 0.1) is 5.82 Å². The van der Waals surface area contributed by atoms with Gasteiger partial charge in [-0.25, -0.2) is 4.39 Å².